The van der Waals surface area contributed by atoms with Crippen LogP contribution in [-0.2, 0) is 6.54 Å². The molecule has 5 rings (SSSR count). The van der Waals surface area contributed by atoms with Crippen molar-refractivity contribution in [3.63, 3.8) is 0 Å². The van der Waals surface area contributed by atoms with Crippen molar-refractivity contribution in [1.29, 1.82) is 0 Å². The number of hydrogen-bond acceptors (Lipinski definition) is 2. The fourth-order valence-electron chi connectivity index (χ4n) is 5.45. The Balaban J connectivity index is 1.47. The molecule has 0 bridgehead atoms. The van der Waals surface area contributed by atoms with E-state index in [1.54, 1.807) is 0 Å². The molecule has 2 unspecified atom stereocenters. The Bertz CT molecular complexity index is 925. The van der Waals surface area contributed by atoms with Crippen molar-refractivity contribution in [2.75, 3.05) is 13.1 Å². The van der Waals surface area contributed by atoms with E-state index in [1.165, 1.54) is 48.2 Å². The molecule has 0 spiro atoms. The Morgan fingerprint density at radius 3 is 2.24 bits per heavy atom. The number of aromatic nitrogens is 2. The predicted molar refractivity (Wildman–Crippen MR) is 118 cm³/mol. The Labute approximate surface area is 174 Å². The summed E-state index contributed by atoms with van der Waals surface area (Å²) in [5.41, 5.74) is 5.49. The minimum atomic E-state index is 0.503. The third-order valence-corrected chi connectivity index (χ3v) is 6.81. The van der Waals surface area contributed by atoms with Gasteiger partial charge in [0.15, 0.2) is 0 Å². The first-order chi connectivity index (χ1) is 14.3. The lowest BCUT2D eigenvalue weighted by atomic mass is 9.86. The molecule has 1 saturated carbocycles. The highest BCUT2D eigenvalue weighted by Crippen LogP contribution is 2.42. The van der Waals surface area contributed by atoms with Crippen molar-refractivity contribution in [2.24, 2.45) is 0 Å². The molecule has 29 heavy (non-hydrogen) atoms. The van der Waals surface area contributed by atoms with Crippen molar-refractivity contribution < 1.29 is 0 Å². The third kappa shape index (κ3) is 3.89. The Hall–Kier alpha value is -2.39. The monoisotopic (exact) mass is 385 g/mol. The average Bonchev–Trinajstić information content (AvgIpc) is 3.49. The van der Waals surface area contributed by atoms with Gasteiger partial charge in [0.2, 0.25) is 0 Å². The molecule has 0 N–H and O–H groups in total. The van der Waals surface area contributed by atoms with Gasteiger partial charge in [-0.15, -0.1) is 0 Å². The normalized spacial score (nSPS) is 23.1. The zero-order valence-corrected chi connectivity index (χ0v) is 17.4. The van der Waals surface area contributed by atoms with Gasteiger partial charge in [-0.2, -0.15) is 5.10 Å². The molecule has 1 saturated heterocycles. The van der Waals surface area contributed by atoms with Gasteiger partial charge in [0.1, 0.15) is 0 Å². The van der Waals surface area contributed by atoms with Crippen molar-refractivity contribution >= 4 is 0 Å². The van der Waals surface area contributed by atoms with E-state index in [-0.39, 0.29) is 0 Å². The highest BCUT2D eigenvalue weighted by Gasteiger charge is 2.37. The van der Waals surface area contributed by atoms with Crippen LogP contribution >= 0.6 is 0 Å². The van der Waals surface area contributed by atoms with Crippen LogP contribution in [0, 0.1) is 6.92 Å². The second-order valence-electron chi connectivity index (χ2n) is 8.90. The number of benzene rings is 2. The van der Waals surface area contributed by atoms with Crippen molar-refractivity contribution in [3.05, 3.63) is 89.2 Å². The molecule has 1 aromatic heterocycles. The van der Waals surface area contributed by atoms with Crippen molar-refractivity contribution in [1.82, 2.24) is 14.7 Å². The van der Waals surface area contributed by atoms with E-state index in [0.29, 0.717) is 17.9 Å². The summed E-state index contributed by atoms with van der Waals surface area (Å²) in [6.45, 7) is 5.39. The summed E-state index contributed by atoms with van der Waals surface area (Å²) in [7, 11) is 0. The van der Waals surface area contributed by atoms with E-state index in [9.17, 15) is 0 Å². The molecule has 0 amide bonds. The second-order valence-corrected chi connectivity index (χ2v) is 8.90. The lowest BCUT2D eigenvalue weighted by molar-refractivity contribution is 0.321. The average molecular weight is 386 g/mol. The quantitative estimate of drug-likeness (QED) is 0.562. The Morgan fingerprint density at radius 1 is 0.862 bits per heavy atom. The number of rotatable bonds is 5. The summed E-state index contributed by atoms with van der Waals surface area (Å²) in [4.78, 5) is 2.64. The topological polar surface area (TPSA) is 21.1 Å². The van der Waals surface area contributed by atoms with Gasteiger partial charge >= 0.3 is 0 Å². The predicted octanol–water partition coefficient (Wildman–Crippen LogP) is 5.69. The summed E-state index contributed by atoms with van der Waals surface area (Å²) >= 11 is 0. The van der Waals surface area contributed by atoms with Gasteiger partial charge in [-0.05, 0) is 37.0 Å². The van der Waals surface area contributed by atoms with Gasteiger partial charge in [0.25, 0.3) is 0 Å². The molecule has 1 aliphatic heterocycles. The van der Waals surface area contributed by atoms with Crippen LogP contribution < -0.4 is 0 Å². The maximum absolute atomic E-state index is 4.97. The van der Waals surface area contributed by atoms with Crippen LogP contribution in [0.3, 0.4) is 0 Å². The summed E-state index contributed by atoms with van der Waals surface area (Å²) in [6.07, 6.45) is 5.25. The highest BCUT2D eigenvalue weighted by atomic mass is 15.3. The van der Waals surface area contributed by atoms with E-state index in [1.807, 2.05) is 0 Å². The minimum absolute atomic E-state index is 0.503. The highest BCUT2D eigenvalue weighted by molar-refractivity contribution is 5.30. The standard InChI is InChI=1S/C26H31N3/c1-20-16-26(29(27-20)23-14-8-9-15-23)25-19-28(17-21-10-4-2-5-11-21)18-24(25)22-12-6-3-7-13-22/h2-7,10-13,16,23-25H,8-9,14-15,17-19H2,1H3. The number of likely N-dealkylation sites (tertiary alicyclic amines) is 1. The maximum atomic E-state index is 4.97. The van der Waals surface area contributed by atoms with E-state index in [4.69, 9.17) is 5.10 Å². The minimum Gasteiger partial charge on any atom is -0.298 e. The summed E-state index contributed by atoms with van der Waals surface area (Å²) in [5.74, 6) is 1.03. The van der Waals surface area contributed by atoms with Gasteiger partial charge in [-0.25, -0.2) is 0 Å². The van der Waals surface area contributed by atoms with Crippen LogP contribution in [0.1, 0.15) is 66.1 Å². The first-order valence-electron chi connectivity index (χ1n) is 11.2. The number of aryl methyl sites for hydroxylation is 1. The van der Waals surface area contributed by atoms with Gasteiger partial charge < -0.3 is 0 Å². The van der Waals surface area contributed by atoms with Crippen molar-refractivity contribution in [2.45, 2.75) is 57.0 Å². The molecule has 1 aliphatic carbocycles. The van der Waals surface area contributed by atoms with Crippen molar-refractivity contribution in [3.8, 4) is 0 Å². The SMILES string of the molecule is Cc1cc(C2CN(Cc3ccccc3)CC2c2ccccc2)n(C2CCCC2)n1. The smallest absolute Gasteiger partial charge is 0.0596 e. The molecule has 3 heteroatoms. The molecule has 2 fully saturated rings. The molecule has 0 radical (unpaired) electrons. The first-order valence-corrected chi connectivity index (χ1v) is 11.2. The third-order valence-electron chi connectivity index (χ3n) is 6.81. The lowest BCUT2D eigenvalue weighted by Crippen LogP contribution is -2.21. The van der Waals surface area contributed by atoms with E-state index < -0.39 is 0 Å². The molecular formula is C26H31N3. The number of hydrogen-bond donors (Lipinski definition) is 0. The molecular weight excluding hydrogens is 354 g/mol. The van der Waals surface area contributed by atoms with Gasteiger partial charge in [0.05, 0.1) is 11.7 Å². The van der Waals surface area contributed by atoms with Crippen LogP contribution in [0.5, 0.6) is 0 Å². The second kappa shape index (κ2) is 8.16. The molecule has 3 nitrogen and oxygen atoms in total. The summed E-state index contributed by atoms with van der Waals surface area (Å²) in [6, 6.07) is 25.0. The molecule has 2 heterocycles. The van der Waals surface area contributed by atoms with Gasteiger partial charge in [-0.3, -0.25) is 9.58 Å². The summed E-state index contributed by atoms with van der Waals surface area (Å²) < 4.78 is 2.41. The molecule has 150 valence electrons. The lowest BCUT2D eigenvalue weighted by Gasteiger charge is -2.23. The fourth-order valence-corrected chi connectivity index (χ4v) is 5.45. The van der Waals surface area contributed by atoms with Crippen LogP contribution in [0.25, 0.3) is 0 Å². The Morgan fingerprint density at radius 2 is 1.52 bits per heavy atom. The van der Waals surface area contributed by atoms with Gasteiger partial charge in [-0.1, -0.05) is 73.5 Å². The van der Waals surface area contributed by atoms with Crippen LogP contribution in [-0.4, -0.2) is 27.8 Å². The molecule has 2 aliphatic rings. The van der Waals surface area contributed by atoms with E-state index >= 15 is 0 Å². The maximum Gasteiger partial charge on any atom is 0.0596 e. The molecule has 2 atom stereocenters. The van der Waals surface area contributed by atoms with Gasteiger partial charge in [0, 0.05) is 37.2 Å². The van der Waals surface area contributed by atoms with Crippen LogP contribution in [0.15, 0.2) is 66.7 Å². The first kappa shape index (κ1) is 18.6. The fraction of sp³-hybridized carbons (Fsp3) is 0.423. The van der Waals surface area contributed by atoms with Crippen LogP contribution in [0.4, 0.5) is 0 Å². The number of nitrogens with zero attached hydrogens (tertiary/aromatic N) is 3. The van der Waals surface area contributed by atoms with E-state index in [0.717, 1.165) is 19.6 Å². The molecule has 3 aromatic rings. The molecule has 2 aromatic carbocycles. The zero-order chi connectivity index (χ0) is 19.6. The van der Waals surface area contributed by atoms with Crippen LogP contribution in [0.2, 0.25) is 0 Å². The van der Waals surface area contributed by atoms with E-state index in [2.05, 4.69) is 83.2 Å². The summed E-state index contributed by atoms with van der Waals surface area (Å²) in [5, 5.41) is 4.97. The largest absolute Gasteiger partial charge is 0.298 e. The Kier molecular flexibility index (Phi) is 5.24. The zero-order valence-electron chi connectivity index (χ0n) is 17.4.